The Kier molecular flexibility index (Phi) is 5.57. The molecule has 0 amide bonds. The molecule has 0 aliphatic carbocycles. The molecule has 0 saturated heterocycles. The molecule has 0 N–H and O–H groups in total. The van der Waals surface area contributed by atoms with Crippen molar-refractivity contribution in [3.05, 3.63) is 158 Å². The normalized spacial score (nSPS) is 12.1. The fourth-order valence-electron chi connectivity index (χ4n) is 8.03. The zero-order chi connectivity index (χ0) is 32.1. The van der Waals surface area contributed by atoms with Gasteiger partial charge in [-0.3, -0.25) is 0 Å². The third-order valence-corrected chi connectivity index (χ3v) is 11.3. The fraction of sp³-hybridized carbons (Fsp3) is 0. The second-order valence-corrected chi connectivity index (χ2v) is 13.8. The topological polar surface area (TPSA) is 26.3 Å². The molecule has 11 aromatic rings. The van der Waals surface area contributed by atoms with E-state index in [0.29, 0.717) is 0 Å². The van der Waals surface area contributed by atoms with Gasteiger partial charge in [0.2, 0.25) is 0 Å². The summed E-state index contributed by atoms with van der Waals surface area (Å²) >= 11 is 1.88. The minimum Gasteiger partial charge on any atom is -0.455 e. The van der Waals surface area contributed by atoms with E-state index in [9.17, 15) is 0 Å². The van der Waals surface area contributed by atoms with Crippen LogP contribution in [0.25, 0.3) is 108 Å². The molecule has 0 unspecified atom stereocenters. The zero-order valence-corrected chi connectivity index (χ0v) is 27.1. The lowest BCUT2D eigenvalue weighted by Gasteiger charge is -2.17. The molecule has 0 spiro atoms. The predicted molar refractivity (Wildman–Crippen MR) is 208 cm³/mol. The van der Waals surface area contributed by atoms with Gasteiger partial charge in [0.05, 0.1) is 5.39 Å². The van der Waals surface area contributed by atoms with Gasteiger partial charge >= 0.3 is 0 Å². The van der Waals surface area contributed by atoms with Gasteiger partial charge < -0.3 is 8.83 Å². The molecule has 0 fully saturated rings. The maximum atomic E-state index is 7.06. The predicted octanol–water partition coefficient (Wildman–Crippen LogP) is 14.0. The van der Waals surface area contributed by atoms with Gasteiger partial charge in [-0.15, -0.1) is 11.3 Å². The molecule has 11 rings (SSSR count). The van der Waals surface area contributed by atoms with E-state index in [1.165, 1.54) is 42.1 Å². The van der Waals surface area contributed by atoms with Crippen LogP contribution in [-0.4, -0.2) is 0 Å². The van der Waals surface area contributed by atoms with Gasteiger partial charge in [-0.25, -0.2) is 0 Å². The summed E-state index contributed by atoms with van der Waals surface area (Å²) < 4.78 is 16.3. The van der Waals surface area contributed by atoms with Crippen LogP contribution in [0.5, 0.6) is 0 Å². The van der Waals surface area contributed by atoms with E-state index in [2.05, 4.69) is 146 Å². The van der Waals surface area contributed by atoms with E-state index in [-0.39, 0.29) is 0 Å². The molecule has 3 aromatic heterocycles. The number of furan rings is 2. The smallest absolute Gasteiger partial charge is 0.147 e. The Balaban J connectivity index is 1.31. The summed E-state index contributed by atoms with van der Waals surface area (Å²) in [4.78, 5) is 0. The third-order valence-electron chi connectivity index (χ3n) is 10.1. The van der Waals surface area contributed by atoms with Gasteiger partial charge in [-0.05, 0) is 56.9 Å². The minimum absolute atomic E-state index is 0.813. The molecule has 49 heavy (non-hydrogen) atoms. The Morgan fingerprint density at radius 3 is 1.73 bits per heavy atom. The second kappa shape index (κ2) is 10.2. The minimum atomic E-state index is 0.813. The van der Waals surface area contributed by atoms with Crippen LogP contribution in [0, 0.1) is 0 Å². The number of para-hydroxylation sites is 1. The van der Waals surface area contributed by atoms with Crippen LogP contribution >= 0.6 is 11.3 Å². The van der Waals surface area contributed by atoms with Crippen LogP contribution in [-0.2, 0) is 0 Å². The quantitative estimate of drug-likeness (QED) is 0.179. The lowest BCUT2D eigenvalue weighted by Crippen LogP contribution is -1.91. The Hall–Kier alpha value is -6.16. The van der Waals surface area contributed by atoms with Crippen LogP contribution in [0.1, 0.15) is 0 Å². The average Bonchev–Trinajstić information content (AvgIpc) is 3.85. The van der Waals surface area contributed by atoms with E-state index < -0.39 is 0 Å². The van der Waals surface area contributed by atoms with Crippen LogP contribution in [0.2, 0.25) is 0 Å². The summed E-state index contributed by atoms with van der Waals surface area (Å²) in [5.41, 5.74) is 8.30. The summed E-state index contributed by atoms with van der Waals surface area (Å²) in [5, 5.41) is 10.5. The first kappa shape index (κ1) is 26.9. The molecule has 8 aromatic carbocycles. The molecule has 3 heterocycles. The molecule has 0 aliphatic heterocycles. The van der Waals surface area contributed by atoms with Crippen molar-refractivity contribution in [2.45, 2.75) is 0 Å². The highest BCUT2D eigenvalue weighted by Crippen LogP contribution is 2.52. The monoisotopic (exact) mass is 642 g/mol. The molecular weight excluding hydrogens is 617 g/mol. The van der Waals surface area contributed by atoms with Gasteiger partial charge in [0.1, 0.15) is 22.5 Å². The average molecular weight is 643 g/mol. The summed E-state index contributed by atoms with van der Waals surface area (Å²) in [6, 6.07) is 56.3. The first-order valence-corrected chi connectivity index (χ1v) is 17.4. The number of hydrogen-bond donors (Lipinski definition) is 0. The molecule has 0 saturated carbocycles. The van der Waals surface area contributed by atoms with E-state index in [0.717, 1.165) is 66.1 Å². The van der Waals surface area contributed by atoms with Crippen LogP contribution in [0.3, 0.4) is 0 Å². The van der Waals surface area contributed by atoms with Crippen molar-refractivity contribution >= 4 is 86.0 Å². The highest BCUT2D eigenvalue weighted by Gasteiger charge is 2.27. The van der Waals surface area contributed by atoms with Gasteiger partial charge in [0, 0.05) is 47.6 Å². The lowest BCUT2D eigenvalue weighted by molar-refractivity contribution is 0.633. The molecule has 0 atom stereocenters. The third kappa shape index (κ3) is 3.76. The standard InChI is InChI=1S/C46H26O2S/c1-2-13-27(14-3-1)40-43-38(26-25-34-28-15-8-10-23-37(28)47-44(34)43)48-45(40)42-32-19-6-4-17-30(32)41(31-18-5-7-20-33(31)42)36-22-12-21-35-29-16-9-11-24-39(29)49-46(35)36/h1-26H. The molecular formula is C46H26O2S. The van der Waals surface area contributed by atoms with E-state index in [4.69, 9.17) is 8.83 Å². The first-order chi connectivity index (χ1) is 24.3. The zero-order valence-electron chi connectivity index (χ0n) is 26.2. The van der Waals surface area contributed by atoms with E-state index in [1.807, 2.05) is 23.5 Å². The molecule has 0 radical (unpaired) electrons. The van der Waals surface area contributed by atoms with Crippen molar-refractivity contribution in [3.63, 3.8) is 0 Å². The van der Waals surface area contributed by atoms with Gasteiger partial charge in [0.15, 0.2) is 0 Å². The number of hydrogen-bond acceptors (Lipinski definition) is 3. The maximum absolute atomic E-state index is 7.06. The van der Waals surface area contributed by atoms with Gasteiger partial charge in [0.25, 0.3) is 0 Å². The van der Waals surface area contributed by atoms with Crippen LogP contribution < -0.4 is 0 Å². The van der Waals surface area contributed by atoms with Gasteiger partial charge in [-0.2, -0.15) is 0 Å². The SMILES string of the molecule is c1ccc(-c2c(-c3c4ccccc4c(-c4cccc5c4sc4ccccc45)c4ccccc34)oc3ccc4c5ccccc5oc4c23)cc1. The summed E-state index contributed by atoms with van der Waals surface area (Å²) in [6.07, 6.45) is 0. The Morgan fingerprint density at radius 2 is 0.980 bits per heavy atom. The highest BCUT2D eigenvalue weighted by molar-refractivity contribution is 7.26. The lowest BCUT2D eigenvalue weighted by atomic mass is 9.85. The molecule has 0 aliphatic rings. The molecule has 0 bridgehead atoms. The molecule has 3 heteroatoms. The van der Waals surface area contributed by atoms with Crippen LogP contribution in [0.15, 0.2) is 167 Å². The van der Waals surface area contributed by atoms with E-state index >= 15 is 0 Å². The van der Waals surface area contributed by atoms with Crippen molar-refractivity contribution in [3.8, 4) is 33.6 Å². The van der Waals surface area contributed by atoms with Crippen molar-refractivity contribution < 1.29 is 8.83 Å². The van der Waals surface area contributed by atoms with Crippen molar-refractivity contribution in [2.24, 2.45) is 0 Å². The number of rotatable bonds is 3. The second-order valence-electron chi connectivity index (χ2n) is 12.7. The summed E-state index contributed by atoms with van der Waals surface area (Å²) in [6.45, 7) is 0. The summed E-state index contributed by atoms with van der Waals surface area (Å²) in [5.74, 6) is 0.855. The van der Waals surface area contributed by atoms with Gasteiger partial charge in [-0.1, -0.05) is 133 Å². The Bertz CT molecular complexity index is 3050. The largest absolute Gasteiger partial charge is 0.455 e. The number of fused-ring (bicyclic) bond motifs is 10. The Morgan fingerprint density at radius 1 is 0.367 bits per heavy atom. The first-order valence-electron chi connectivity index (χ1n) is 16.6. The number of thiophene rings is 1. The Labute approximate surface area is 285 Å². The van der Waals surface area contributed by atoms with E-state index in [1.54, 1.807) is 0 Å². The van der Waals surface area contributed by atoms with Crippen LogP contribution in [0.4, 0.5) is 0 Å². The van der Waals surface area contributed by atoms with Crippen molar-refractivity contribution in [1.29, 1.82) is 0 Å². The van der Waals surface area contributed by atoms with Crippen molar-refractivity contribution in [1.82, 2.24) is 0 Å². The fourth-order valence-corrected chi connectivity index (χ4v) is 9.25. The maximum Gasteiger partial charge on any atom is 0.147 e. The van der Waals surface area contributed by atoms with Crippen molar-refractivity contribution in [2.75, 3.05) is 0 Å². The molecule has 228 valence electrons. The summed E-state index contributed by atoms with van der Waals surface area (Å²) in [7, 11) is 0. The highest BCUT2D eigenvalue weighted by atomic mass is 32.1. The number of benzene rings is 8. The molecule has 2 nitrogen and oxygen atoms in total.